The average Bonchev–Trinajstić information content (AvgIpc) is 2.74. The van der Waals surface area contributed by atoms with E-state index in [1.807, 2.05) is 24.1 Å². The quantitative estimate of drug-likeness (QED) is 0.816. The van der Waals surface area contributed by atoms with Gasteiger partial charge in [0.2, 0.25) is 0 Å². The van der Waals surface area contributed by atoms with E-state index in [0.717, 1.165) is 30.6 Å². The highest BCUT2D eigenvalue weighted by atomic mass is 16.2. The Kier molecular flexibility index (Phi) is 3.52. The molecule has 1 amide bonds. The maximum Gasteiger partial charge on any atom is 0.255 e. The van der Waals surface area contributed by atoms with Gasteiger partial charge in [0.25, 0.3) is 5.91 Å². The van der Waals surface area contributed by atoms with Crippen molar-refractivity contribution in [1.82, 2.24) is 9.88 Å². The number of likely N-dealkylation sites (tertiary alicyclic amines) is 1. The summed E-state index contributed by atoms with van der Waals surface area (Å²) in [4.78, 5) is 17.4. The zero-order valence-corrected chi connectivity index (χ0v) is 10.6. The average molecular weight is 235 g/mol. The highest BCUT2D eigenvalue weighted by Crippen LogP contribution is 2.24. The molecule has 0 saturated carbocycles. The van der Waals surface area contributed by atoms with E-state index >= 15 is 0 Å². The summed E-state index contributed by atoms with van der Waals surface area (Å²) >= 11 is 0. The van der Waals surface area contributed by atoms with Gasteiger partial charge in [0.05, 0.1) is 5.56 Å². The number of carbonyl (C=O) groups excluding carboxylic acids is 1. The SMILES string of the molecule is Cc1[nH]ccc1C(=O)N1CCC[C@H](C)[C@@H]1CN. The van der Waals surface area contributed by atoms with Gasteiger partial charge in [0.15, 0.2) is 0 Å². The zero-order chi connectivity index (χ0) is 12.4. The van der Waals surface area contributed by atoms with Crippen LogP contribution in [0.2, 0.25) is 0 Å². The Morgan fingerprint density at radius 3 is 3.00 bits per heavy atom. The fourth-order valence-corrected chi connectivity index (χ4v) is 2.70. The monoisotopic (exact) mass is 235 g/mol. The number of piperidine rings is 1. The van der Waals surface area contributed by atoms with Crippen LogP contribution in [-0.2, 0) is 0 Å². The van der Waals surface area contributed by atoms with E-state index in [4.69, 9.17) is 5.73 Å². The summed E-state index contributed by atoms with van der Waals surface area (Å²) in [7, 11) is 0. The minimum absolute atomic E-state index is 0.116. The van der Waals surface area contributed by atoms with Gasteiger partial charge >= 0.3 is 0 Å². The van der Waals surface area contributed by atoms with Crippen LogP contribution in [0, 0.1) is 12.8 Å². The highest BCUT2D eigenvalue weighted by Gasteiger charge is 2.31. The number of amides is 1. The Morgan fingerprint density at radius 2 is 2.41 bits per heavy atom. The summed E-state index contributed by atoms with van der Waals surface area (Å²) in [5.41, 5.74) is 7.52. The first-order valence-corrected chi connectivity index (χ1v) is 6.30. The molecule has 2 rings (SSSR count). The predicted octanol–water partition coefficient (Wildman–Crippen LogP) is 1.52. The molecule has 4 nitrogen and oxygen atoms in total. The molecule has 0 bridgehead atoms. The number of carbonyl (C=O) groups is 1. The van der Waals surface area contributed by atoms with Gasteiger partial charge in [-0.15, -0.1) is 0 Å². The third-order valence-corrected chi connectivity index (χ3v) is 3.80. The molecule has 1 saturated heterocycles. The Hall–Kier alpha value is -1.29. The van der Waals surface area contributed by atoms with Crippen LogP contribution in [-0.4, -0.2) is 34.9 Å². The molecule has 1 aromatic rings. The van der Waals surface area contributed by atoms with Crippen molar-refractivity contribution in [2.75, 3.05) is 13.1 Å². The van der Waals surface area contributed by atoms with E-state index in [9.17, 15) is 4.79 Å². The van der Waals surface area contributed by atoms with Crippen LogP contribution < -0.4 is 5.73 Å². The lowest BCUT2D eigenvalue weighted by atomic mass is 9.90. The van der Waals surface area contributed by atoms with E-state index in [-0.39, 0.29) is 11.9 Å². The molecule has 0 aromatic carbocycles. The molecule has 1 aliphatic heterocycles. The van der Waals surface area contributed by atoms with E-state index < -0.39 is 0 Å². The first kappa shape index (κ1) is 12.2. The second kappa shape index (κ2) is 4.92. The smallest absolute Gasteiger partial charge is 0.255 e. The minimum atomic E-state index is 0.116. The van der Waals surface area contributed by atoms with Crippen molar-refractivity contribution >= 4 is 5.91 Å². The van der Waals surface area contributed by atoms with Gasteiger partial charge in [0, 0.05) is 31.0 Å². The van der Waals surface area contributed by atoms with E-state index in [2.05, 4.69) is 11.9 Å². The molecule has 1 aromatic heterocycles. The van der Waals surface area contributed by atoms with Gasteiger partial charge in [-0.3, -0.25) is 4.79 Å². The third-order valence-electron chi connectivity index (χ3n) is 3.80. The molecule has 2 heterocycles. The fraction of sp³-hybridized carbons (Fsp3) is 0.615. The Morgan fingerprint density at radius 1 is 1.65 bits per heavy atom. The topological polar surface area (TPSA) is 62.1 Å². The number of hydrogen-bond acceptors (Lipinski definition) is 2. The van der Waals surface area contributed by atoms with Gasteiger partial charge in [-0.05, 0) is 31.7 Å². The van der Waals surface area contributed by atoms with Crippen LogP contribution in [0.25, 0.3) is 0 Å². The number of rotatable bonds is 2. The summed E-state index contributed by atoms with van der Waals surface area (Å²) < 4.78 is 0. The van der Waals surface area contributed by atoms with Crippen LogP contribution in [0.4, 0.5) is 0 Å². The minimum Gasteiger partial charge on any atom is -0.365 e. The van der Waals surface area contributed by atoms with Gasteiger partial charge in [-0.25, -0.2) is 0 Å². The standard InChI is InChI=1S/C13H21N3O/c1-9-4-3-7-16(12(9)8-14)13(17)11-5-6-15-10(11)2/h5-6,9,12,15H,3-4,7-8,14H2,1-2H3/t9-,12-/m0/s1. The Labute approximate surface area is 102 Å². The molecular formula is C13H21N3O. The summed E-state index contributed by atoms with van der Waals surface area (Å²) in [6.07, 6.45) is 4.05. The molecule has 0 aliphatic carbocycles. The molecule has 3 N–H and O–H groups in total. The summed E-state index contributed by atoms with van der Waals surface area (Å²) in [6.45, 7) is 5.49. The van der Waals surface area contributed by atoms with Crippen molar-refractivity contribution in [1.29, 1.82) is 0 Å². The summed E-state index contributed by atoms with van der Waals surface area (Å²) in [6, 6.07) is 2.04. The lowest BCUT2D eigenvalue weighted by Gasteiger charge is -2.39. The van der Waals surface area contributed by atoms with E-state index in [0.29, 0.717) is 12.5 Å². The molecule has 0 unspecified atom stereocenters. The number of aryl methyl sites for hydroxylation is 1. The van der Waals surface area contributed by atoms with Gasteiger partial charge < -0.3 is 15.6 Å². The first-order chi connectivity index (χ1) is 8.15. The first-order valence-electron chi connectivity index (χ1n) is 6.30. The number of aromatic nitrogens is 1. The molecule has 4 heteroatoms. The molecule has 94 valence electrons. The normalized spacial score (nSPS) is 25.0. The maximum absolute atomic E-state index is 12.4. The number of nitrogens with one attached hydrogen (secondary N) is 1. The molecule has 17 heavy (non-hydrogen) atoms. The molecule has 0 spiro atoms. The van der Waals surface area contributed by atoms with Crippen molar-refractivity contribution in [3.63, 3.8) is 0 Å². The number of H-pyrrole nitrogens is 1. The third kappa shape index (κ3) is 2.22. The number of aromatic amines is 1. The van der Waals surface area contributed by atoms with Crippen LogP contribution in [0.3, 0.4) is 0 Å². The lowest BCUT2D eigenvalue weighted by Crippen LogP contribution is -2.51. The van der Waals surface area contributed by atoms with Gasteiger partial charge in [-0.1, -0.05) is 6.92 Å². The van der Waals surface area contributed by atoms with Gasteiger partial charge in [0.1, 0.15) is 0 Å². The fourth-order valence-electron chi connectivity index (χ4n) is 2.70. The molecule has 0 radical (unpaired) electrons. The van der Waals surface area contributed by atoms with Crippen LogP contribution >= 0.6 is 0 Å². The summed E-state index contributed by atoms with van der Waals surface area (Å²) in [5.74, 6) is 0.614. The van der Waals surface area contributed by atoms with E-state index in [1.165, 1.54) is 0 Å². The van der Waals surface area contributed by atoms with Crippen LogP contribution in [0.5, 0.6) is 0 Å². The Balaban J connectivity index is 2.21. The lowest BCUT2D eigenvalue weighted by molar-refractivity contribution is 0.0532. The molecule has 1 fully saturated rings. The molecular weight excluding hydrogens is 214 g/mol. The molecule has 1 aliphatic rings. The van der Waals surface area contributed by atoms with E-state index in [1.54, 1.807) is 0 Å². The van der Waals surface area contributed by atoms with Gasteiger partial charge in [-0.2, -0.15) is 0 Å². The second-order valence-electron chi connectivity index (χ2n) is 4.94. The molecule has 2 atom stereocenters. The van der Waals surface area contributed by atoms with Crippen molar-refractivity contribution in [3.8, 4) is 0 Å². The number of nitrogens with two attached hydrogens (primary N) is 1. The number of hydrogen-bond donors (Lipinski definition) is 2. The largest absolute Gasteiger partial charge is 0.365 e. The van der Waals surface area contributed by atoms with Crippen molar-refractivity contribution < 1.29 is 4.79 Å². The van der Waals surface area contributed by atoms with Crippen molar-refractivity contribution in [3.05, 3.63) is 23.5 Å². The zero-order valence-electron chi connectivity index (χ0n) is 10.6. The Bertz CT molecular complexity index is 399. The second-order valence-corrected chi connectivity index (χ2v) is 4.94. The van der Waals surface area contributed by atoms with Crippen LogP contribution in [0.1, 0.15) is 35.8 Å². The number of nitrogens with zero attached hydrogens (tertiary/aromatic N) is 1. The van der Waals surface area contributed by atoms with Crippen LogP contribution in [0.15, 0.2) is 12.3 Å². The maximum atomic E-state index is 12.4. The highest BCUT2D eigenvalue weighted by molar-refractivity contribution is 5.95. The van der Waals surface area contributed by atoms with Crippen molar-refractivity contribution in [2.45, 2.75) is 32.7 Å². The summed E-state index contributed by atoms with van der Waals surface area (Å²) in [5, 5.41) is 0. The predicted molar refractivity (Wildman–Crippen MR) is 67.8 cm³/mol. The van der Waals surface area contributed by atoms with Crippen molar-refractivity contribution in [2.24, 2.45) is 11.7 Å².